The smallest absolute Gasteiger partial charge is 0.185 e. The summed E-state index contributed by atoms with van der Waals surface area (Å²) in [5.74, 6) is -5.33. The van der Waals surface area contributed by atoms with Gasteiger partial charge < -0.3 is 10.2 Å². The lowest BCUT2D eigenvalue weighted by Gasteiger charge is -2.35. The molecule has 0 spiro atoms. The minimum Gasteiger partial charge on any atom is -0.377 e. The van der Waals surface area contributed by atoms with Crippen molar-refractivity contribution in [2.45, 2.75) is 32.7 Å². The third-order valence-electron chi connectivity index (χ3n) is 4.18. The number of rotatable bonds is 4. The van der Waals surface area contributed by atoms with Gasteiger partial charge in [0.15, 0.2) is 23.3 Å². The maximum Gasteiger partial charge on any atom is 0.185 e. The molecular weight excluding hydrogens is 284 g/mol. The van der Waals surface area contributed by atoms with E-state index in [1.165, 1.54) is 0 Å². The highest BCUT2D eigenvalue weighted by Crippen LogP contribution is 2.28. The van der Waals surface area contributed by atoms with E-state index in [4.69, 9.17) is 0 Å². The van der Waals surface area contributed by atoms with Crippen LogP contribution in [0, 0.1) is 29.2 Å². The van der Waals surface area contributed by atoms with Gasteiger partial charge in [0.2, 0.25) is 0 Å². The summed E-state index contributed by atoms with van der Waals surface area (Å²) in [6, 6.07) is -0.0514. The molecule has 1 saturated heterocycles. The van der Waals surface area contributed by atoms with Crippen LogP contribution in [0.25, 0.3) is 0 Å². The summed E-state index contributed by atoms with van der Waals surface area (Å²) < 4.78 is 53.7. The van der Waals surface area contributed by atoms with Crippen LogP contribution in [0.1, 0.15) is 26.7 Å². The summed E-state index contributed by atoms with van der Waals surface area (Å²) in [5.41, 5.74) is -0.714. The van der Waals surface area contributed by atoms with E-state index in [2.05, 4.69) is 17.1 Å². The standard InChI is InChI=1S/C15H20F4N2/c1-3-21-6-4-5-10(8-21)9(2)20-15-13(18)11(16)7-12(17)14(15)19/h7,9-10,20H,3-6,8H2,1-2H3. The van der Waals surface area contributed by atoms with E-state index in [0.29, 0.717) is 0 Å². The van der Waals surface area contributed by atoms with Crippen LogP contribution in [0.4, 0.5) is 23.2 Å². The van der Waals surface area contributed by atoms with Crippen LogP contribution in [0.2, 0.25) is 0 Å². The first-order valence-electron chi connectivity index (χ1n) is 7.25. The molecule has 1 aliphatic rings. The average molecular weight is 304 g/mol. The zero-order valence-electron chi connectivity index (χ0n) is 12.2. The first-order valence-corrected chi connectivity index (χ1v) is 7.25. The molecule has 1 heterocycles. The Balaban J connectivity index is 2.14. The second kappa shape index (κ2) is 6.64. The van der Waals surface area contributed by atoms with Crippen LogP contribution in [-0.4, -0.2) is 30.6 Å². The van der Waals surface area contributed by atoms with Crippen LogP contribution in [-0.2, 0) is 0 Å². The number of hydrogen-bond donors (Lipinski definition) is 1. The molecule has 0 aromatic heterocycles. The second-order valence-corrected chi connectivity index (χ2v) is 5.57. The Morgan fingerprint density at radius 2 is 1.86 bits per heavy atom. The quantitative estimate of drug-likeness (QED) is 0.673. The largest absolute Gasteiger partial charge is 0.377 e. The van der Waals surface area contributed by atoms with Gasteiger partial charge in [-0.1, -0.05) is 6.92 Å². The van der Waals surface area contributed by atoms with Crippen molar-refractivity contribution in [3.8, 4) is 0 Å². The van der Waals surface area contributed by atoms with E-state index in [0.717, 1.165) is 32.5 Å². The Morgan fingerprint density at radius 3 is 2.43 bits per heavy atom. The number of anilines is 1. The lowest BCUT2D eigenvalue weighted by atomic mass is 9.91. The van der Waals surface area contributed by atoms with Crippen molar-refractivity contribution in [1.29, 1.82) is 0 Å². The van der Waals surface area contributed by atoms with Gasteiger partial charge in [-0.25, -0.2) is 17.6 Å². The molecule has 1 fully saturated rings. The normalized spacial score (nSPS) is 21.3. The molecule has 1 aromatic carbocycles. The van der Waals surface area contributed by atoms with Gasteiger partial charge in [-0.2, -0.15) is 0 Å². The molecule has 0 amide bonds. The summed E-state index contributed by atoms with van der Waals surface area (Å²) >= 11 is 0. The zero-order chi connectivity index (χ0) is 15.6. The molecular formula is C15H20F4N2. The van der Waals surface area contributed by atoms with Crippen LogP contribution in [0.5, 0.6) is 0 Å². The number of piperidine rings is 1. The predicted octanol–water partition coefficient (Wildman–Crippen LogP) is 3.78. The van der Waals surface area contributed by atoms with Gasteiger partial charge in [-0.3, -0.25) is 0 Å². The third-order valence-corrected chi connectivity index (χ3v) is 4.18. The molecule has 2 nitrogen and oxygen atoms in total. The third kappa shape index (κ3) is 3.48. The topological polar surface area (TPSA) is 15.3 Å². The van der Waals surface area contributed by atoms with Crippen LogP contribution >= 0.6 is 0 Å². The maximum atomic E-state index is 13.7. The lowest BCUT2D eigenvalue weighted by Crippen LogP contribution is -2.41. The number of nitrogens with one attached hydrogen (secondary N) is 1. The van der Waals surface area contributed by atoms with E-state index in [-0.39, 0.29) is 18.0 Å². The highest BCUT2D eigenvalue weighted by atomic mass is 19.2. The molecule has 2 atom stereocenters. The van der Waals surface area contributed by atoms with Crippen molar-refractivity contribution < 1.29 is 17.6 Å². The van der Waals surface area contributed by atoms with Crippen molar-refractivity contribution >= 4 is 5.69 Å². The summed E-state index contributed by atoms with van der Waals surface area (Å²) in [6.45, 7) is 6.58. The number of benzene rings is 1. The number of nitrogens with zero attached hydrogens (tertiary/aromatic N) is 1. The molecule has 21 heavy (non-hydrogen) atoms. The highest BCUT2D eigenvalue weighted by molar-refractivity contribution is 5.48. The van der Waals surface area contributed by atoms with Gasteiger partial charge >= 0.3 is 0 Å². The molecule has 2 unspecified atom stereocenters. The van der Waals surface area contributed by atoms with E-state index < -0.39 is 29.0 Å². The van der Waals surface area contributed by atoms with Crippen LogP contribution in [0.3, 0.4) is 0 Å². The average Bonchev–Trinajstić information content (AvgIpc) is 2.49. The zero-order valence-corrected chi connectivity index (χ0v) is 12.2. The van der Waals surface area contributed by atoms with Crippen molar-refractivity contribution in [3.05, 3.63) is 29.3 Å². The monoisotopic (exact) mass is 304 g/mol. The molecule has 2 rings (SSSR count). The summed E-state index contributed by atoms with van der Waals surface area (Å²) in [4.78, 5) is 2.26. The minimum absolute atomic E-state index is 0.184. The van der Waals surface area contributed by atoms with Gasteiger partial charge in [-0.05, 0) is 38.8 Å². The summed E-state index contributed by atoms with van der Waals surface area (Å²) in [6.07, 6.45) is 1.93. The Labute approximate surface area is 122 Å². The fraction of sp³-hybridized carbons (Fsp3) is 0.600. The van der Waals surface area contributed by atoms with Gasteiger partial charge in [-0.15, -0.1) is 0 Å². The molecule has 1 aliphatic heterocycles. The molecule has 0 aliphatic carbocycles. The molecule has 0 radical (unpaired) electrons. The molecule has 1 N–H and O–H groups in total. The maximum absolute atomic E-state index is 13.7. The first-order chi connectivity index (χ1) is 9.93. The number of halogens is 4. The minimum atomic E-state index is -1.39. The first kappa shape index (κ1) is 16.1. The molecule has 0 bridgehead atoms. The van der Waals surface area contributed by atoms with E-state index in [1.54, 1.807) is 6.92 Å². The Bertz CT molecular complexity index is 481. The number of likely N-dealkylation sites (tertiary alicyclic amines) is 1. The second-order valence-electron chi connectivity index (χ2n) is 5.57. The van der Waals surface area contributed by atoms with Crippen molar-refractivity contribution in [2.75, 3.05) is 25.0 Å². The van der Waals surface area contributed by atoms with Crippen molar-refractivity contribution in [3.63, 3.8) is 0 Å². The highest BCUT2D eigenvalue weighted by Gasteiger charge is 2.27. The van der Waals surface area contributed by atoms with Gasteiger partial charge in [0.1, 0.15) is 5.69 Å². The van der Waals surface area contributed by atoms with Crippen LogP contribution in [0.15, 0.2) is 6.07 Å². The molecule has 6 heteroatoms. The van der Waals surface area contributed by atoms with Crippen molar-refractivity contribution in [1.82, 2.24) is 4.90 Å². The van der Waals surface area contributed by atoms with Gasteiger partial charge in [0, 0.05) is 18.7 Å². The van der Waals surface area contributed by atoms with E-state index >= 15 is 0 Å². The van der Waals surface area contributed by atoms with Gasteiger partial charge in [0.05, 0.1) is 0 Å². The molecule has 1 aromatic rings. The SMILES string of the molecule is CCN1CCCC(C(C)Nc2c(F)c(F)cc(F)c2F)C1. The number of hydrogen-bond acceptors (Lipinski definition) is 2. The Kier molecular flexibility index (Phi) is 5.08. The summed E-state index contributed by atoms with van der Waals surface area (Å²) in [5, 5.41) is 2.62. The Morgan fingerprint density at radius 1 is 1.24 bits per heavy atom. The van der Waals surface area contributed by atoms with Crippen LogP contribution < -0.4 is 5.32 Å². The van der Waals surface area contributed by atoms with Gasteiger partial charge in [0.25, 0.3) is 0 Å². The summed E-state index contributed by atoms with van der Waals surface area (Å²) in [7, 11) is 0. The fourth-order valence-corrected chi connectivity index (χ4v) is 2.83. The Hall–Kier alpha value is -1.30. The fourth-order valence-electron chi connectivity index (χ4n) is 2.83. The molecule has 0 saturated carbocycles. The van der Waals surface area contributed by atoms with E-state index in [1.807, 2.05) is 0 Å². The molecule has 118 valence electrons. The van der Waals surface area contributed by atoms with E-state index in [9.17, 15) is 17.6 Å². The lowest BCUT2D eigenvalue weighted by molar-refractivity contribution is 0.172. The van der Waals surface area contributed by atoms with Crippen molar-refractivity contribution in [2.24, 2.45) is 5.92 Å². The predicted molar refractivity (Wildman–Crippen MR) is 74.2 cm³/mol.